The molecule has 1 unspecified atom stereocenters. The van der Waals surface area contributed by atoms with Gasteiger partial charge in [0.2, 0.25) is 5.91 Å². The Labute approximate surface area is 108 Å². The van der Waals surface area contributed by atoms with Gasteiger partial charge < -0.3 is 10.6 Å². The van der Waals surface area contributed by atoms with Crippen molar-refractivity contribution >= 4 is 12.0 Å². The first-order chi connectivity index (χ1) is 8.81. The number of carbonyl (C=O) groups is 1. The zero-order chi connectivity index (χ0) is 12.8. The molecule has 2 rings (SSSR count). The molecule has 18 heavy (non-hydrogen) atoms. The van der Waals surface area contributed by atoms with E-state index in [2.05, 4.69) is 0 Å². The summed E-state index contributed by atoms with van der Waals surface area (Å²) in [5.41, 5.74) is 6.77. The van der Waals surface area contributed by atoms with E-state index in [0.717, 1.165) is 24.9 Å². The molecule has 96 valence electrons. The van der Waals surface area contributed by atoms with Gasteiger partial charge in [-0.05, 0) is 30.9 Å². The Morgan fingerprint density at radius 1 is 1.33 bits per heavy atom. The van der Waals surface area contributed by atoms with Crippen LogP contribution in [0, 0.1) is 0 Å². The quantitative estimate of drug-likeness (QED) is 0.827. The third-order valence-corrected chi connectivity index (χ3v) is 3.40. The van der Waals surface area contributed by atoms with Gasteiger partial charge in [0, 0.05) is 25.2 Å². The van der Waals surface area contributed by atoms with Gasteiger partial charge in [-0.25, -0.2) is 0 Å². The van der Waals surface area contributed by atoms with Gasteiger partial charge in [0.05, 0.1) is 0 Å². The molecule has 2 N–H and O–H groups in total. The van der Waals surface area contributed by atoms with Crippen LogP contribution in [0.3, 0.4) is 0 Å². The molecule has 1 aromatic carbocycles. The first-order valence-corrected chi connectivity index (χ1v) is 6.55. The summed E-state index contributed by atoms with van der Waals surface area (Å²) in [7, 11) is 0. The van der Waals surface area contributed by atoms with Gasteiger partial charge in [-0.1, -0.05) is 30.3 Å². The smallest absolute Gasteiger partial charge is 0.246 e. The van der Waals surface area contributed by atoms with Gasteiger partial charge in [0.15, 0.2) is 0 Å². The average Bonchev–Trinajstić information content (AvgIpc) is 2.45. The summed E-state index contributed by atoms with van der Waals surface area (Å²) in [5, 5.41) is 0. The van der Waals surface area contributed by atoms with Gasteiger partial charge in [0.1, 0.15) is 0 Å². The molecule has 0 bridgehead atoms. The Morgan fingerprint density at radius 2 is 2.11 bits per heavy atom. The Hall–Kier alpha value is -1.61. The van der Waals surface area contributed by atoms with Crippen molar-refractivity contribution < 1.29 is 4.79 Å². The monoisotopic (exact) mass is 244 g/mol. The lowest BCUT2D eigenvalue weighted by molar-refractivity contribution is -0.129. The van der Waals surface area contributed by atoms with Crippen LogP contribution in [0.4, 0.5) is 0 Å². The molecule has 1 heterocycles. The summed E-state index contributed by atoms with van der Waals surface area (Å²) in [5.74, 6) is 0.0778. The second-order valence-corrected chi connectivity index (χ2v) is 4.66. The molecule has 1 atom stereocenters. The fraction of sp³-hybridized carbons (Fsp3) is 0.400. The summed E-state index contributed by atoms with van der Waals surface area (Å²) < 4.78 is 0. The van der Waals surface area contributed by atoms with Crippen LogP contribution in [-0.2, 0) is 4.79 Å². The highest BCUT2D eigenvalue weighted by molar-refractivity contribution is 5.92. The van der Waals surface area contributed by atoms with Crippen molar-refractivity contribution in [2.45, 2.75) is 25.3 Å². The maximum atomic E-state index is 12.1. The molecule has 1 aliphatic rings. The van der Waals surface area contributed by atoms with E-state index in [9.17, 15) is 4.79 Å². The van der Waals surface area contributed by atoms with Crippen LogP contribution >= 0.6 is 0 Å². The zero-order valence-corrected chi connectivity index (χ0v) is 10.6. The van der Waals surface area contributed by atoms with E-state index in [4.69, 9.17) is 5.73 Å². The van der Waals surface area contributed by atoms with Crippen molar-refractivity contribution in [2.75, 3.05) is 13.1 Å². The van der Waals surface area contributed by atoms with E-state index >= 15 is 0 Å². The van der Waals surface area contributed by atoms with Crippen LogP contribution in [0.2, 0.25) is 0 Å². The fourth-order valence-electron chi connectivity index (χ4n) is 2.36. The molecule has 0 saturated carbocycles. The lowest BCUT2D eigenvalue weighted by Crippen LogP contribution is -2.46. The molecule has 1 aromatic rings. The highest BCUT2D eigenvalue weighted by Gasteiger charge is 2.23. The maximum Gasteiger partial charge on any atom is 0.246 e. The molecule has 3 nitrogen and oxygen atoms in total. The summed E-state index contributed by atoms with van der Waals surface area (Å²) in [4.78, 5) is 14.0. The first kappa shape index (κ1) is 12.8. The average molecular weight is 244 g/mol. The highest BCUT2D eigenvalue weighted by Crippen LogP contribution is 2.16. The summed E-state index contributed by atoms with van der Waals surface area (Å²) >= 11 is 0. The summed E-state index contributed by atoms with van der Waals surface area (Å²) in [6.07, 6.45) is 6.81. The van der Waals surface area contributed by atoms with Crippen molar-refractivity contribution in [2.24, 2.45) is 5.73 Å². The first-order valence-electron chi connectivity index (χ1n) is 6.55. The molecular weight excluding hydrogens is 224 g/mol. The van der Waals surface area contributed by atoms with Crippen LogP contribution in [0.25, 0.3) is 6.08 Å². The second kappa shape index (κ2) is 6.36. The summed E-state index contributed by atoms with van der Waals surface area (Å²) in [6.45, 7) is 1.39. The number of rotatable bonds is 3. The Bertz CT molecular complexity index is 414. The van der Waals surface area contributed by atoms with Crippen LogP contribution in [0.15, 0.2) is 36.4 Å². The van der Waals surface area contributed by atoms with E-state index in [-0.39, 0.29) is 11.9 Å². The predicted molar refractivity (Wildman–Crippen MR) is 73.9 cm³/mol. The number of likely N-dealkylation sites (tertiary alicyclic amines) is 1. The standard InChI is InChI=1S/C15H20N2O/c16-12-14-8-4-5-11-17(14)15(18)10-9-13-6-2-1-3-7-13/h1-3,6-7,9-10,14H,4-5,8,11-12,16H2. The number of piperidine rings is 1. The second-order valence-electron chi connectivity index (χ2n) is 4.66. The Kier molecular flexibility index (Phi) is 4.53. The third-order valence-electron chi connectivity index (χ3n) is 3.40. The van der Waals surface area contributed by atoms with Gasteiger partial charge >= 0.3 is 0 Å². The molecule has 3 heteroatoms. The lowest BCUT2D eigenvalue weighted by Gasteiger charge is -2.34. The minimum absolute atomic E-state index is 0.0778. The van der Waals surface area contributed by atoms with Crippen molar-refractivity contribution in [3.63, 3.8) is 0 Å². The van der Waals surface area contributed by atoms with Crippen LogP contribution in [0.5, 0.6) is 0 Å². The molecule has 0 radical (unpaired) electrons. The molecule has 0 aliphatic carbocycles. The minimum Gasteiger partial charge on any atom is -0.335 e. The number of benzene rings is 1. The maximum absolute atomic E-state index is 12.1. The predicted octanol–water partition coefficient (Wildman–Crippen LogP) is 2.04. The van der Waals surface area contributed by atoms with E-state index in [1.54, 1.807) is 6.08 Å². The van der Waals surface area contributed by atoms with Crippen LogP contribution in [-0.4, -0.2) is 29.9 Å². The van der Waals surface area contributed by atoms with Gasteiger partial charge in [-0.2, -0.15) is 0 Å². The van der Waals surface area contributed by atoms with Crippen molar-refractivity contribution in [1.29, 1.82) is 0 Å². The Balaban J connectivity index is 2.00. The largest absolute Gasteiger partial charge is 0.335 e. The van der Waals surface area contributed by atoms with Crippen molar-refractivity contribution in [1.82, 2.24) is 4.90 Å². The van der Waals surface area contributed by atoms with Gasteiger partial charge in [-0.3, -0.25) is 4.79 Å². The highest BCUT2D eigenvalue weighted by atomic mass is 16.2. The number of hydrogen-bond acceptors (Lipinski definition) is 2. The number of nitrogens with two attached hydrogens (primary N) is 1. The normalized spacial score (nSPS) is 20.3. The molecule has 0 aromatic heterocycles. The van der Waals surface area contributed by atoms with Gasteiger partial charge in [0.25, 0.3) is 0 Å². The van der Waals surface area contributed by atoms with Crippen LogP contribution < -0.4 is 5.73 Å². The van der Waals surface area contributed by atoms with Crippen molar-refractivity contribution in [3.8, 4) is 0 Å². The van der Waals surface area contributed by atoms with E-state index in [1.807, 2.05) is 41.3 Å². The molecule has 1 saturated heterocycles. The minimum atomic E-state index is 0.0778. The zero-order valence-electron chi connectivity index (χ0n) is 10.6. The number of hydrogen-bond donors (Lipinski definition) is 1. The fourth-order valence-corrected chi connectivity index (χ4v) is 2.36. The molecule has 1 fully saturated rings. The summed E-state index contributed by atoms with van der Waals surface area (Å²) in [6, 6.07) is 10.1. The SMILES string of the molecule is NCC1CCCCN1C(=O)C=Cc1ccccc1. The third kappa shape index (κ3) is 3.20. The van der Waals surface area contributed by atoms with E-state index in [0.29, 0.717) is 6.54 Å². The van der Waals surface area contributed by atoms with E-state index in [1.165, 1.54) is 6.42 Å². The number of carbonyl (C=O) groups excluding carboxylic acids is 1. The molecular formula is C15H20N2O. The van der Waals surface area contributed by atoms with Crippen LogP contribution in [0.1, 0.15) is 24.8 Å². The topological polar surface area (TPSA) is 46.3 Å². The number of amides is 1. The van der Waals surface area contributed by atoms with Gasteiger partial charge in [-0.15, -0.1) is 0 Å². The lowest BCUT2D eigenvalue weighted by atomic mass is 10.0. The Morgan fingerprint density at radius 3 is 2.83 bits per heavy atom. The number of nitrogens with zero attached hydrogens (tertiary/aromatic N) is 1. The molecule has 0 spiro atoms. The molecule has 1 aliphatic heterocycles. The van der Waals surface area contributed by atoms with E-state index < -0.39 is 0 Å². The molecule has 1 amide bonds. The van der Waals surface area contributed by atoms with Crippen molar-refractivity contribution in [3.05, 3.63) is 42.0 Å².